The summed E-state index contributed by atoms with van der Waals surface area (Å²) in [4.78, 5) is 11.9. The summed E-state index contributed by atoms with van der Waals surface area (Å²) in [6, 6.07) is 0.786. The third-order valence-corrected chi connectivity index (χ3v) is 3.84. The number of anilines is 1. The van der Waals surface area contributed by atoms with Gasteiger partial charge in [0.1, 0.15) is 21.7 Å². The zero-order chi connectivity index (χ0) is 18.6. The smallest absolute Gasteiger partial charge is 0.417 e. The second kappa shape index (κ2) is 8.05. The van der Waals surface area contributed by atoms with Gasteiger partial charge in [0, 0.05) is 12.7 Å². The Labute approximate surface area is 152 Å². The highest BCUT2D eigenvalue weighted by Crippen LogP contribution is 2.33. The Bertz CT molecular complexity index is 756. The minimum atomic E-state index is -4.49. The van der Waals surface area contributed by atoms with Crippen molar-refractivity contribution in [2.45, 2.75) is 26.4 Å². The number of aryl methyl sites for hydroxylation is 2. The maximum absolute atomic E-state index is 12.5. The van der Waals surface area contributed by atoms with E-state index in [2.05, 4.69) is 20.3 Å². The van der Waals surface area contributed by atoms with Gasteiger partial charge in [0.15, 0.2) is 0 Å². The van der Waals surface area contributed by atoms with Crippen molar-refractivity contribution in [1.29, 1.82) is 0 Å². The molecular weight excluding hydrogens is 380 g/mol. The van der Waals surface area contributed by atoms with Crippen LogP contribution in [0.2, 0.25) is 10.0 Å². The van der Waals surface area contributed by atoms with Crippen LogP contribution in [0.3, 0.4) is 0 Å². The molecule has 136 valence electrons. The number of nitrogens with one attached hydrogen (secondary N) is 1. The van der Waals surface area contributed by atoms with Crippen LogP contribution in [0.4, 0.5) is 19.0 Å². The summed E-state index contributed by atoms with van der Waals surface area (Å²) in [6.07, 6.45) is -3.27. The largest absolute Gasteiger partial charge is 0.477 e. The van der Waals surface area contributed by atoms with Crippen LogP contribution in [0.1, 0.15) is 23.5 Å². The van der Waals surface area contributed by atoms with Crippen molar-refractivity contribution >= 4 is 29.0 Å². The maximum atomic E-state index is 12.5. The van der Waals surface area contributed by atoms with E-state index < -0.39 is 11.7 Å². The fraction of sp³-hybridized carbons (Fsp3) is 0.400. The summed E-state index contributed by atoms with van der Waals surface area (Å²) >= 11 is 11.9. The van der Waals surface area contributed by atoms with Gasteiger partial charge in [-0.25, -0.2) is 15.0 Å². The first-order valence-electron chi connectivity index (χ1n) is 7.28. The summed E-state index contributed by atoms with van der Waals surface area (Å²) in [7, 11) is 0. The fourth-order valence-electron chi connectivity index (χ4n) is 1.95. The van der Waals surface area contributed by atoms with Crippen molar-refractivity contribution in [2.24, 2.45) is 0 Å². The quantitative estimate of drug-likeness (QED) is 0.719. The van der Waals surface area contributed by atoms with Crippen LogP contribution in [0.5, 0.6) is 5.88 Å². The molecule has 0 aromatic carbocycles. The molecule has 2 aromatic heterocycles. The van der Waals surface area contributed by atoms with E-state index in [1.807, 2.05) is 0 Å². The lowest BCUT2D eigenvalue weighted by Crippen LogP contribution is -2.11. The van der Waals surface area contributed by atoms with Crippen molar-refractivity contribution in [3.8, 4) is 5.88 Å². The molecule has 0 saturated carbocycles. The van der Waals surface area contributed by atoms with Crippen molar-refractivity contribution in [3.05, 3.63) is 39.4 Å². The maximum Gasteiger partial charge on any atom is 0.417 e. The highest BCUT2D eigenvalue weighted by molar-refractivity contribution is 6.33. The molecule has 0 spiro atoms. The standard InChI is InChI=1S/C15H15Cl2F3N4O/c1-8-12(17)13(24-9(2)23-8)21-4-3-5-25-14-11(16)6-10(7-22-14)15(18,19)20/h6-7H,3-5H2,1-2H3,(H,21,23,24). The number of aromatic nitrogens is 3. The van der Waals surface area contributed by atoms with Crippen LogP contribution in [0, 0.1) is 13.8 Å². The number of halogens is 5. The molecule has 10 heteroatoms. The summed E-state index contributed by atoms with van der Waals surface area (Å²) in [5.41, 5.74) is -0.246. The molecule has 0 atom stereocenters. The molecule has 0 bridgehead atoms. The molecule has 0 radical (unpaired) electrons. The van der Waals surface area contributed by atoms with Crippen LogP contribution >= 0.6 is 23.2 Å². The first kappa shape index (κ1) is 19.5. The Balaban J connectivity index is 1.84. The van der Waals surface area contributed by atoms with Gasteiger partial charge < -0.3 is 10.1 Å². The third-order valence-electron chi connectivity index (χ3n) is 3.12. The molecule has 1 N–H and O–H groups in total. The topological polar surface area (TPSA) is 59.9 Å². The van der Waals surface area contributed by atoms with Gasteiger partial charge in [-0.05, 0) is 26.3 Å². The molecule has 0 unspecified atom stereocenters. The van der Waals surface area contributed by atoms with Crippen LogP contribution < -0.4 is 10.1 Å². The Morgan fingerprint density at radius 1 is 1.20 bits per heavy atom. The monoisotopic (exact) mass is 394 g/mol. The van der Waals surface area contributed by atoms with E-state index in [0.29, 0.717) is 41.5 Å². The van der Waals surface area contributed by atoms with Gasteiger partial charge in [0.05, 0.1) is 17.9 Å². The number of rotatable bonds is 6. The van der Waals surface area contributed by atoms with Gasteiger partial charge >= 0.3 is 6.18 Å². The molecule has 2 aromatic rings. The Morgan fingerprint density at radius 3 is 2.56 bits per heavy atom. The minimum absolute atomic E-state index is 0.0403. The van der Waals surface area contributed by atoms with E-state index in [1.54, 1.807) is 13.8 Å². The molecule has 0 saturated heterocycles. The summed E-state index contributed by atoms with van der Waals surface area (Å²) < 4.78 is 42.9. The van der Waals surface area contributed by atoms with Crippen molar-refractivity contribution in [1.82, 2.24) is 15.0 Å². The van der Waals surface area contributed by atoms with E-state index in [1.165, 1.54) is 0 Å². The number of nitrogens with zero attached hydrogens (tertiary/aromatic N) is 3. The zero-order valence-electron chi connectivity index (χ0n) is 13.4. The second-order valence-electron chi connectivity index (χ2n) is 5.16. The van der Waals surface area contributed by atoms with Crippen molar-refractivity contribution < 1.29 is 17.9 Å². The van der Waals surface area contributed by atoms with Gasteiger partial charge in [-0.2, -0.15) is 13.2 Å². The van der Waals surface area contributed by atoms with Gasteiger partial charge in [-0.3, -0.25) is 0 Å². The van der Waals surface area contributed by atoms with E-state index in [-0.39, 0.29) is 17.5 Å². The Morgan fingerprint density at radius 2 is 1.92 bits per heavy atom. The number of hydrogen-bond donors (Lipinski definition) is 1. The molecule has 2 heterocycles. The highest BCUT2D eigenvalue weighted by atomic mass is 35.5. The molecule has 0 fully saturated rings. The first-order valence-corrected chi connectivity index (χ1v) is 8.04. The lowest BCUT2D eigenvalue weighted by molar-refractivity contribution is -0.137. The van der Waals surface area contributed by atoms with Gasteiger partial charge in [-0.1, -0.05) is 23.2 Å². The lowest BCUT2D eigenvalue weighted by Gasteiger charge is -2.11. The molecule has 0 aliphatic carbocycles. The predicted octanol–water partition coefficient (Wildman–Crippen LogP) is 4.70. The van der Waals surface area contributed by atoms with E-state index in [9.17, 15) is 13.2 Å². The summed E-state index contributed by atoms with van der Waals surface area (Å²) in [6.45, 7) is 4.25. The van der Waals surface area contributed by atoms with Crippen molar-refractivity contribution in [2.75, 3.05) is 18.5 Å². The van der Waals surface area contributed by atoms with E-state index >= 15 is 0 Å². The lowest BCUT2D eigenvalue weighted by atomic mass is 10.3. The molecule has 5 nitrogen and oxygen atoms in total. The molecule has 0 aliphatic heterocycles. The Hall–Kier alpha value is -1.80. The highest BCUT2D eigenvalue weighted by Gasteiger charge is 2.31. The van der Waals surface area contributed by atoms with Crippen LogP contribution in [-0.4, -0.2) is 28.1 Å². The molecule has 2 rings (SSSR count). The second-order valence-corrected chi connectivity index (χ2v) is 5.94. The Kier molecular flexibility index (Phi) is 6.29. The molecule has 25 heavy (non-hydrogen) atoms. The fourth-order valence-corrected chi connectivity index (χ4v) is 2.32. The first-order chi connectivity index (χ1) is 11.7. The molecule has 0 aliphatic rings. The van der Waals surface area contributed by atoms with Crippen molar-refractivity contribution in [3.63, 3.8) is 0 Å². The third kappa shape index (κ3) is 5.34. The number of ether oxygens (including phenoxy) is 1. The summed E-state index contributed by atoms with van der Waals surface area (Å²) in [5.74, 6) is 1.08. The van der Waals surface area contributed by atoms with Gasteiger partial charge in [0.2, 0.25) is 5.88 Å². The van der Waals surface area contributed by atoms with Gasteiger partial charge in [0.25, 0.3) is 0 Å². The summed E-state index contributed by atoms with van der Waals surface area (Å²) in [5, 5.41) is 3.32. The normalized spacial score (nSPS) is 11.5. The molecular formula is C15H15Cl2F3N4O. The van der Waals surface area contributed by atoms with Gasteiger partial charge in [-0.15, -0.1) is 0 Å². The van der Waals surface area contributed by atoms with Crippen LogP contribution in [0.25, 0.3) is 0 Å². The minimum Gasteiger partial charge on any atom is -0.477 e. The zero-order valence-corrected chi connectivity index (χ0v) is 14.9. The predicted molar refractivity (Wildman–Crippen MR) is 89.4 cm³/mol. The van der Waals surface area contributed by atoms with Crippen LogP contribution in [0.15, 0.2) is 12.3 Å². The van der Waals surface area contributed by atoms with E-state index in [4.69, 9.17) is 27.9 Å². The average Bonchev–Trinajstić information content (AvgIpc) is 2.51. The number of pyridine rings is 1. The average molecular weight is 395 g/mol. The number of hydrogen-bond acceptors (Lipinski definition) is 5. The van der Waals surface area contributed by atoms with Crippen LogP contribution in [-0.2, 0) is 6.18 Å². The number of alkyl halides is 3. The SMILES string of the molecule is Cc1nc(C)c(Cl)c(NCCCOc2ncc(C(F)(F)F)cc2Cl)n1. The van der Waals surface area contributed by atoms with E-state index in [0.717, 1.165) is 6.07 Å². The molecule has 0 amide bonds.